The fourth-order valence-electron chi connectivity index (χ4n) is 1.51. The Bertz CT molecular complexity index is 585. The van der Waals surface area contributed by atoms with E-state index in [0.29, 0.717) is 22.6 Å². The Morgan fingerprint density at radius 1 is 1.38 bits per heavy atom. The Labute approximate surface area is 126 Å². The van der Waals surface area contributed by atoms with E-state index in [2.05, 4.69) is 32.7 Å². The number of anilines is 1. The van der Waals surface area contributed by atoms with Gasteiger partial charge < -0.3 is 15.4 Å². The number of hydrogen-bond donors (Lipinski definition) is 2. The molecule has 112 valence electrons. The molecule has 2 heterocycles. The van der Waals surface area contributed by atoms with Gasteiger partial charge in [0.2, 0.25) is 16.0 Å². The van der Waals surface area contributed by atoms with E-state index in [9.17, 15) is 4.79 Å². The minimum Gasteiger partial charge on any atom is -0.481 e. The number of amides is 1. The highest BCUT2D eigenvalue weighted by Gasteiger charge is 2.12. The summed E-state index contributed by atoms with van der Waals surface area (Å²) in [6.45, 7) is 3.26. The van der Waals surface area contributed by atoms with E-state index in [4.69, 9.17) is 4.74 Å². The molecule has 0 unspecified atom stereocenters. The fraction of sp³-hybridized carbons (Fsp3) is 0.385. The fourth-order valence-corrected chi connectivity index (χ4v) is 2.20. The third-order valence-electron chi connectivity index (χ3n) is 2.61. The average Bonchev–Trinajstić information content (AvgIpc) is 3.00. The van der Waals surface area contributed by atoms with E-state index in [0.717, 1.165) is 18.5 Å². The lowest BCUT2D eigenvalue weighted by atomic mass is 10.3. The van der Waals surface area contributed by atoms with Crippen LogP contribution in [0.3, 0.4) is 0 Å². The number of methoxy groups -OCH3 is 1. The van der Waals surface area contributed by atoms with Gasteiger partial charge in [-0.05, 0) is 12.0 Å². The van der Waals surface area contributed by atoms with Gasteiger partial charge >= 0.3 is 0 Å². The first kappa shape index (κ1) is 15.2. The summed E-state index contributed by atoms with van der Waals surface area (Å²) >= 11 is 1.24. The van der Waals surface area contributed by atoms with Crippen LogP contribution in [0.2, 0.25) is 0 Å². The van der Waals surface area contributed by atoms with Gasteiger partial charge in [0.25, 0.3) is 5.91 Å². The van der Waals surface area contributed by atoms with Crippen LogP contribution in [0.1, 0.15) is 28.7 Å². The van der Waals surface area contributed by atoms with Crippen LogP contribution in [-0.2, 0) is 6.54 Å². The summed E-state index contributed by atoms with van der Waals surface area (Å²) in [5.41, 5.74) is 0.887. The molecule has 2 aromatic heterocycles. The predicted octanol–water partition coefficient (Wildman–Crippen LogP) is 1.69. The Balaban J connectivity index is 1.87. The van der Waals surface area contributed by atoms with Crippen LogP contribution in [-0.4, -0.2) is 34.7 Å². The molecule has 0 aliphatic rings. The quantitative estimate of drug-likeness (QED) is 0.809. The third kappa shape index (κ3) is 4.38. The van der Waals surface area contributed by atoms with Crippen molar-refractivity contribution in [1.82, 2.24) is 20.5 Å². The summed E-state index contributed by atoms with van der Waals surface area (Å²) < 4.78 is 4.98. The highest BCUT2D eigenvalue weighted by atomic mass is 32.1. The summed E-state index contributed by atoms with van der Waals surface area (Å²) in [4.78, 5) is 16.0. The van der Waals surface area contributed by atoms with Crippen molar-refractivity contribution in [2.75, 3.05) is 19.0 Å². The first-order valence-corrected chi connectivity index (χ1v) is 7.39. The second-order valence-electron chi connectivity index (χ2n) is 4.23. The molecule has 0 bridgehead atoms. The molecule has 0 aromatic carbocycles. The van der Waals surface area contributed by atoms with E-state index in [-0.39, 0.29) is 5.91 Å². The van der Waals surface area contributed by atoms with Gasteiger partial charge in [-0.25, -0.2) is 4.98 Å². The molecule has 0 spiro atoms. The molecule has 7 nitrogen and oxygen atoms in total. The van der Waals surface area contributed by atoms with Crippen LogP contribution < -0.4 is 15.4 Å². The molecular weight excluding hydrogens is 290 g/mol. The summed E-state index contributed by atoms with van der Waals surface area (Å²) in [7, 11) is 1.56. The molecule has 2 N–H and O–H groups in total. The zero-order valence-electron chi connectivity index (χ0n) is 11.9. The Morgan fingerprint density at radius 3 is 2.90 bits per heavy atom. The number of nitrogens with zero attached hydrogens (tertiary/aromatic N) is 3. The van der Waals surface area contributed by atoms with Crippen molar-refractivity contribution >= 4 is 22.4 Å². The smallest absolute Gasteiger partial charge is 0.282 e. The number of carbonyl (C=O) groups excluding carboxylic acids is 1. The zero-order valence-corrected chi connectivity index (χ0v) is 12.7. The van der Waals surface area contributed by atoms with Crippen molar-refractivity contribution in [1.29, 1.82) is 0 Å². The molecule has 0 aliphatic carbocycles. The number of carbonyl (C=O) groups is 1. The SMILES string of the molecule is CCCNc1nnc(C(=O)NCc2ccc(OC)nc2)s1. The molecular formula is C13H17N5O2S. The summed E-state index contributed by atoms with van der Waals surface area (Å²) in [5.74, 6) is 0.300. The van der Waals surface area contributed by atoms with Gasteiger partial charge in [0.1, 0.15) is 0 Å². The van der Waals surface area contributed by atoms with Gasteiger partial charge in [0.15, 0.2) is 0 Å². The maximum atomic E-state index is 12.0. The molecule has 0 saturated carbocycles. The molecule has 0 fully saturated rings. The molecule has 0 radical (unpaired) electrons. The minimum atomic E-state index is -0.243. The van der Waals surface area contributed by atoms with Crippen molar-refractivity contribution < 1.29 is 9.53 Å². The molecule has 1 amide bonds. The maximum Gasteiger partial charge on any atom is 0.282 e. The van der Waals surface area contributed by atoms with Crippen LogP contribution >= 0.6 is 11.3 Å². The minimum absolute atomic E-state index is 0.243. The lowest BCUT2D eigenvalue weighted by molar-refractivity contribution is 0.0950. The normalized spacial score (nSPS) is 10.2. The number of pyridine rings is 1. The predicted molar refractivity (Wildman–Crippen MR) is 80.6 cm³/mol. The van der Waals surface area contributed by atoms with Crippen LogP contribution in [0.15, 0.2) is 18.3 Å². The number of hydrogen-bond acceptors (Lipinski definition) is 7. The van der Waals surface area contributed by atoms with Crippen molar-refractivity contribution in [3.05, 3.63) is 28.9 Å². The standard InChI is InChI=1S/C13H17N5O2S/c1-3-6-14-13-18-17-12(21-13)11(19)16-8-9-4-5-10(20-2)15-7-9/h4-5,7H,3,6,8H2,1-2H3,(H,14,18)(H,16,19). The highest BCUT2D eigenvalue weighted by molar-refractivity contribution is 7.17. The molecule has 8 heteroatoms. The van der Waals surface area contributed by atoms with Crippen molar-refractivity contribution in [2.45, 2.75) is 19.9 Å². The van der Waals surface area contributed by atoms with Crippen molar-refractivity contribution in [3.8, 4) is 5.88 Å². The summed E-state index contributed by atoms with van der Waals surface area (Å²) in [6.07, 6.45) is 2.65. The zero-order chi connectivity index (χ0) is 15.1. The topological polar surface area (TPSA) is 89.0 Å². The third-order valence-corrected chi connectivity index (χ3v) is 3.49. The monoisotopic (exact) mass is 307 g/mol. The van der Waals surface area contributed by atoms with Gasteiger partial charge in [-0.2, -0.15) is 0 Å². The van der Waals surface area contributed by atoms with E-state index in [1.54, 1.807) is 19.4 Å². The largest absolute Gasteiger partial charge is 0.481 e. The summed E-state index contributed by atoms with van der Waals surface area (Å²) in [6, 6.07) is 3.60. The van der Waals surface area contributed by atoms with Gasteiger partial charge in [0.05, 0.1) is 7.11 Å². The van der Waals surface area contributed by atoms with E-state index < -0.39 is 0 Å². The number of nitrogens with one attached hydrogen (secondary N) is 2. The molecule has 21 heavy (non-hydrogen) atoms. The second kappa shape index (κ2) is 7.53. The van der Waals surface area contributed by atoms with E-state index >= 15 is 0 Å². The molecule has 0 aliphatic heterocycles. The van der Waals surface area contributed by atoms with Gasteiger partial charge in [-0.1, -0.05) is 24.3 Å². The van der Waals surface area contributed by atoms with Crippen molar-refractivity contribution in [2.24, 2.45) is 0 Å². The number of aromatic nitrogens is 3. The van der Waals surface area contributed by atoms with Crippen LogP contribution in [0.5, 0.6) is 5.88 Å². The second-order valence-corrected chi connectivity index (χ2v) is 5.21. The molecule has 0 atom stereocenters. The maximum absolute atomic E-state index is 12.0. The van der Waals surface area contributed by atoms with Crippen LogP contribution in [0.25, 0.3) is 0 Å². The van der Waals surface area contributed by atoms with Gasteiger partial charge in [-0.15, -0.1) is 10.2 Å². The first-order valence-electron chi connectivity index (χ1n) is 6.57. The van der Waals surface area contributed by atoms with Crippen molar-refractivity contribution in [3.63, 3.8) is 0 Å². The van der Waals surface area contributed by atoms with E-state index in [1.807, 2.05) is 6.07 Å². The van der Waals surface area contributed by atoms with Gasteiger partial charge in [-0.3, -0.25) is 4.79 Å². The Morgan fingerprint density at radius 2 is 2.24 bits per heavy atom. The molecule has 0 saturated heterocycles. The average molecular weight is 307 g/mol. The van der Waals surface area contributed by atoms with Crippen LogP contribution in [0, 0.1) is 0 Å². The van der Waals surface area contributed by atoms with Gasteiger partial charge in [0, 0.05) is 25.4 Å². The molecule has 2 aromatic rings. The van der Waals surface area contributed by atoms with Crippen LogP contribution in [0.4, 0.5) is 5.13 Å². The lowest BCUT2D eigenvalue weighted by Crippen LogP contribution is -2.22. The Kier molecular flexibility index (Phi) is 5.44. The highest BCUT2D eigenvalue weighted by Crippen LogP contribution is 2.15. The van der Waals surface area contributed by atoms with E-state index in [1.165, 1.54) is 11.3 Å². The molecule has 2 rings (SSSR count). The Hall–Kier alpha value is -2.22. The first-order chi connectivity index (χ1) is 10.2. The number of rotatable bonds is 7. The number of ether oxygens (including phenoxy) is 1. The summed E-state index contributed by atoms with van der Waals surface area (Å²) in [5, 5.41) is 14.7. The lowest BCUT2D eigenvalue weighted by Gasteiger charge is -2.03.